The molecule has 6 nitrogen and oxygen atoms in total. The number of ether oxygens (including phenoxy) is 2. The highest BCUT2D eigenvalue weighted by molar-refractivity contribution is 9.11. The third kappa shape index (κ3) is 4.03. The lowest BCUT2D eigenvalue weighted by atomic mass is 9.68. The fourth-order valence-electron chi connectivity index (χ4n) is 4.33. The summed E-state index contributed by atoms with van der Waals surface area (Å²) in [6.07, 6.45) is 1.10. The van der Waals surface area contributed by atoms with Crippen LogP contribution in [0.2, 0.25) is 0 Å². The van der Waals surface area contributed by atoms with Gasteiger partial charge in [0.15, 0.2) is 5.78 Å². The first-order valence-electron chi connectivity index (χ1n) is 9.60. The van der Waals surface area contributed by atoms with Gasteiger partial charge < -0.3 is 20.1 Å². The molecule has 0 amide bonds. The van der Waals surface area contributed by atoms with Gasteiger partial charge in [0, 0.05) is 41.4 Å². The monoisotopic (exact) mass is 537 g/mol. The van der Waals surface area contributed by atoms with Crippen LogP contribution in [0.15, 0.2) is 43.7 Å². The number of carbonyl (C=O) groups is 1. The minimum atomic E-state index is -0.587. The second-order valence-corrected chi connectivity index (χ2v) is 10.1. The standard InChI is InChI=1S/C22H25Br2N3O3/c1-22(2)9-16-19(17(28)10-22)18(13-7-12(23)8-15(24)20(13)30-4)14(11-25)21(26)27(16)5-6-29-3/h7-8,18H,5-6,9-10,26H2,1-4H3/t18-/m0/s1. The number of rotatable bonds is 5. The highest BCUT2D eigenvalue weighted by Crippen LogP contribution is 2.51. The van der Waals surface area contributed by atoms with Crippen LogP contribution in [0.25, 0.3) is 0 Å². The molecule has 0 saturated carbocycles. The van der Waals surface area contributed by atoms with Gasteiger partial charge in [0.1, 0.15) is 11.6 Å². The van der Waals surface area contributed by atoms with E-state index in [1.165, 1.54) is 0 Å². The summed E-state index contributed by atoms with van der Waals surface area (Å²) in [5.41, 5.74) is 8.90. The fraction of sp³-hybridized carbons (Fsp3) is 0.455. The number of carbonyl (C=O) groups excluding carboxylic acids is 1. The molecule has 0 fully saturated rings. The van der Waals surface area contributed by atoms with Crippen molar-refractivity contribution in [1.82, 2.24) is 4.90 Å². The van der Waals surface area contributed by atoms with Crippen molar-refractivity contribution < 1.29 is 14.3 Å². The predicted molar refractivity (Wildman–Crippen MR) is 122 cm³/mol. The zero-order chi connectivity index (χ0) is 22.2. The molecule has 1 heterocycles. The van der Waals surface area contributed by atoms with Crippen molar-refractivity contribution in [2.45, 2.75) is 32.6 Å². The molecule has 0 unspecified atom stereocenters. The molecule has 1 aliphatic heterocycles. The molecule has 0 aromatic heterocycles. The maximum absolute atomic E-state index is 13.4. The molecule has 1 aromatic rings. The summed E-state index contributed by atoms with van der Waals surface area (Å²) < 4.78 is 12.5. The molecule has 0 spiro atoms. The van der Waals surface area contributed by atoms with E-state index in [9.17, 15) is 10.1 Å². The first kappa shape index (κ1) is 22.9. The fourth-order valence-corrected chi connectivity index (χ4v) is 5.75. The normalized spacial score (nSPS) is 20.9. The van der Waals surface area contributed by atoms with Crippen molar-refractivity contribution in [1.29, 1.82) is 5.26 Å². The summed E-state index contributed by atoms with van der Waals surface area (Å²) in [6.45, 7) is 5.06. The summed E-state index contributed by atoms with van der Waals surface area (Å²) >= 11 is 7.06. The van der Waals surface area contributed by atoms with E-state index < -0.39 is 5.92 Å². The van der Waals surface area contributed by atoms with Gasteiger partial charge in [0.2, 0.25) is 0 Å². The lowest BCUT2D eigenvalue weighted by molar-refractivity contribution is -0.118. The number of hydrogen-bond acceptors (Lipinski definition) is 6. The van der Waals surface area contributed by atoms with E-state index in [0.29, 0.717) is 48.7 Å². The van der Waals surface area contributed by atoms with Crippen LogP contribution in [0.3, 0.4) is 0 Å². The predicted octanol–water partition coefficient (Wildman–Crippen LogP) is 4.60. The Morgan fingerprint density at radius 2 is 2.00 bits per heavy atom. The highest BCUT2D eigenvalue weighted by Gasteiger charge is 2.45. The number of methoxy groups -OCH3 is 2. The highest BCUT2D eigenvalue weighted by atomic mass is 79.9. The van der Waals surface area contributed by atoms with E-state index in [1.807, 2.05) is 17.0 Å². The second-order valence-electron chi connectivity index (χ2n) is 8.30. The minimum Gasteiger partial charge on any atom is -0.495 e. The zero-order valence-corrected chi connectivity index (χ0v) is 20.7. The third-order valence-corrected chi connectivity index (χ3v) is 6.60. The van der Waals surface area contributed by atoms with Gasteiger partial charge in [-0.05, 0) is 39.9 Å². The summed E-state index contributed by atoms with van der Waals surface area (Å²) in [7, 11) is 3.19. The quantitative estimate of drug-likeness (QED) is 0.589. The van der Waals surface area contributed by atoms with E-state index in [1.54, 1.807) is 14.2 Å². The van der Waals surface area contributed by atoms with E-state index in [2.05, 4.69) is 51.8 Å². The summed E-state index contributed by atoms with van der Waals surface area (Å²) in [5.74, 6) is 0.392. The molecule has 2 N–H and O–H groups in total. The summed E-state index contributed by atoms with van der Waals surface area (Å²) in [6, 6.07) is 6.03. The smallest absolute Gasteiger partial charge is 0.162 e. The minimum absolute atomic E-state index is 0.0343. The van der Waals surface area contributed by atoms with Crippen LogP contribution in [-0.2, 0) is 9.53 Å². The van der Waals surface area contributed by atoms with Gasteiger partial charge in [-0.1, -0.05) is 29.8 Å². The average Bonchev–Trinajstić information content (AvgIpc) is 2.65. The molecular weight excluding hydrogens is 514 g/mol. The van der Waals surface area contributed by atoms with Gasteiger partial charge in [-0.25, -0.2) is 0 Å². The second kappa shape index (κ2) is 8.74. The van der Waals surface area contributed by atoms with Gasteiger partial charge >= 0.3 is 0 Å². The third-order valence-electron chi connectivity index (χ3n) is 5.56. The molecule has 3 rings (SSSR count). The Balaban J connectivity index is 2.32. The summed E-state index contributed by atoms with van der Waals surface area (Å²) in [4.78, 5) is 15.3. The van der Waals surface area contributed by atoms with Crippen LogP contribution in [0.4, 0.5) is 0 Å². The van der Waals surface area contributed by atoms with Crippen LogP contribution in [-0.4, -0.2) is 38.1 Å². The van der Waals surface area contributed by atoms with Crippen molar-refractivity contribution >= 4 is 37.6 Å². The van der Waals surface area contributed by atoms with Crippen molar-refractivity contribution in [2.75, 3.05) is 27.4 Å². The molecule has 0 saturated heterocycles. The van der Waals surface area contributed by atoms with E-state index in [0.717, 1.165) is 20.2 Å². The Bertz CT molecular complexity index is 992. The molecule has 1 aliphatic carbocycles. The van der Waals surface area contributed by atoms with Gasteiger partial charge in [-0.15, -0.1) is 0 Å². The number of nitrogens with zero attached hydrogens (tertiary/aromatic N) is 2. The van der Waals surface area contributed by atoms with Crippen molar-refractivity contribution in [3.63, 3.8) is 0 Å². The Labute approximate surface area is 193 Å². The van der Waals surface area contributed by atoms with Crippen molar-refractivity contribution in [3.8, 4) is 11.8 Å². The maximum atomic E-state index is 13.4. The topological polar surface area (TPSA) is 88.6 Å². The number of nitrogens with two attached hydrogens (primary N) is 1. The maximum Gasteiger partial charge on any atom is 0.162 e. The van der Waals surface area contributed by atoms with Gasteiger partial charge in [0.25, 0.3) is 0 Å². The van der Waals surface area contributed by atoms with E-state index in [-0.39, 0.29) is 11.2 Å². The number of hydrogen-bond donors (Lipinski definition) is 1. The van der Waals surface area contributed by atoms with Crippen LogP contribution >= 0.6 is 31.9 Å². The first-order valence-corrected chi connectivity index (χ1v) is 11.2. The van der Waals surface area contributed by atoms with Gasteiger partial charge in [-0.2, -0.15) is 5.26 Å². The van der Waals surface area contributed by atoms with Crippen molar-refractivity contribution in [2.24, 2.45) is 11.1 Å². The van der Waals surface area contributed by atoms with Gasteiger partial charge in [-0.3, -0.25) is 4.79 Å². The number of nitriles is 1. The molecule has 0 radical (unpaired) electrons. The van der Waals surface area contributed by atoms with E-state index >= 15 is 0 Å². The zero-order valence-electron chi connectivity index (χ0n) is 17.5. The average molecular weight is 539 g/mol. The molecule has 1 atom stereocenters. The molecule has 1 aromatic carbocycles. The Hall–Kier alpha value is -1.82. The molecule has 0 bridgehead atoms. The number of benzene rings is 1. The Kier molecular flexibility index (Phi) is 6.66. The Morgan fingerprint density at radius 1 is 1.30 bits per heavy atom. The largest absolute Gasteiger partial charge is 0.495 e. The number of halogens is 2. The van der Waals surface area contributed by atoms with E-state index in [4.69, 9.17) is 15.2 Å². The SMILES string of the molecule is COCCN1C(N)=C(C#N)[C@H](c2cc(Br)cc(Br)c2OC)C2=C1CC(C)(C)CC2=O. The first-order chi connectivity index (χ1) is 14.1. The molecular formula is C22H25Br2N3O3. The number of allylic oxidation sites excluding steroid dienone is 3. The molecule has 8 heteroatoms. The molecule has 30 heavy (non-hydrogen) atoms. The van der Waals surface area contributed by atoms with Crippen LogP contribution in [0.5, 0.6) is 5.75 Å². The van der Waals surface area contributed by atoms with Gasteiger partial charge in [0.05, 0.1) is 35.7 Å². The Morgan fingerprint density at radius 3 is 2.60 bits per heavy atom. The number of ketones is 1. The lowest BCUT2D eigenvalue weighted by Gasteiger charge is -2.44. The molecule has 2 aliphatic rings. The van der Waals surface area contributed by atoms with Crippen molar-refractivity contribution in [3.05, 3.63) is 49.3 Å². The van der Waals surface area contributed by atoms with Crippen LogP contribution in [0, 0.1) is 16.7 Å². The molecule has 160 valence electrons. The lowest BCUT2D eigenvalue weighted by Crippen LogP contribution is -2.43. The van der Waals surface area contributed by atoms with Crippen LogP contribution in [0.1, 0.15) is 38.2 Å². The number of Topliss-reactive ketones (excluding diaryl/α,β-unsaturated/α-hetero) is 1. The summed E-state index contributed by atoms with van der Waals surface area (Å²) in [5, 5.41) is 10.1. The van der Waals surface area contributed by atoms with Crippen LogP contribution < -0.4 is 10.5 Å².